The molecule has 5 nitrogen and oxygen atoms in total. The van der Waals surface area contributed by atoms with E-state index >= 15 is 0 Å². The third-order valence-corrected chi connectivity index (χ3v) is 6.84. The molecule has 0 radical (unpaired) electrons. The van der Waals surface area contributed by atoms with Crippen LogP contribution in [0.4, 0.5) is 0 Å². The van der Waals surface area contributed by atoms with Crippen molar-refractivity contribution < 1.29 is 19.2 Å². The highest BCUT2D eigenvalue weighted by molar-refractivity contribution is 6.08. The van der Waals surface area contributed by atoms with E-state index in [1.807, 2.05) is 61.5 Å². The number of carbonyl (C=O) groups excluding carboxylic acids is 3. The van der Waals surface area contributed by atoms with E-state index in [1.54, 1.807) is 18.2 Å². The zero-order chi connectivity index (χ0) is 21.3. The van der Waals surface area contributed by atoms with E-state index in [4.69, 9.17) is 4.84 Å². The summed E-state index contributed by atoms with van der Waals surface area (Å²) >= 11 is 0. The van der Waals surface area contributed by atoms with Crippen molar-refractivity contribution >= 4 is 17.8 Å². The van der Waals surface area contributed by atoms with E-state index in [9.17, 15) is 14.4 Å². The van der Waals surface area contributed by atoms with Crippen molar-refractivity contribution in [1.82, 2.24) is 5.06 Å². The first-order valence-corrected chi connectivity index (χ1v) is 10.4. The van der Waals surface area contributed by atoms with Crippen LogP contribution in [0.2, 0.25) is 0 Å². The number of imide groups is 1. The fourth-order valence-corrected chi connectivity index (χ4v) is 5.65. The van der Waals surface area contributed by atoms with Gasteiger partial charge >= 0.3 is 5.97 Å². The number of hydrogen-bond acceptors (Lipinski definition) is 4. The number of amides is 2. The van der Waals surface area contributed by atoms with Gasteiger partial charge in [0.2, 0.25) is 0 Å². The lowest BCUT2D eigenvalue weighted by molar-refractivity contribution is -0.174. The van der Waals surface area contributed by atoms with Gasteiger partial charge in [-0.2, -0.15) is 0 Å². The number of aryl methyl sites for hydroxylation is 1. The predicted molar refractivity (Wildman–Crippen MR) is 112 cm³/mol. The molecule has 3 aromatic carbocycles. The molecule has 5 heteroatoms. The second kappa shape index (κ2) is 6.38. The van der Waals surface area contributed by atoms with Gasteiger partial charge in [0.15, 0.2) is 0 Å². The quantitative estimate of drug-likeness (QED) is 0.601. The molecule has 4 aliphatic rings. The van der Waals surface area contributed by atoms with Crippen molar-refractivity contribution in [3.05, 3.63) is 106 Å². The van der Waals surface area contributed by atoms with Crippen molar-refractivity contribution in [3.63, 3.8) is 0 Å². The summed E-state index contributed by atoms with van der Waals surface area (Å²) in [5, 5.41) is 0.720. The van der Waals surface area contributed by atoms with E-state index in [-0.39, 0.29) is 11.8 Å². The molecule has 2 amide bonds. The van der Waals surface area contributed by atoms with Gasteiger partial charge in [-0.15, -0.1) is 5.06 Å². The molecule has 31 heavy (non-hydrogen) atoms. The lowest BCUT2D eigenvalue weighted by Gasteiger charge is -2.45. The maximum atomic E-state index is 13.4. The van der Waals surface area contributed by atoms with Gasteiger partial charge in [0.1, 0.15) is 0 Å². The van der Waals surface area contributed by atoms with Crippen LogP contribution in [0.5, 0.6) is 0 Å². The van der Waals surface area contributed by atoms with Crippen LogP contribution < -0.4 is 0 Å². The summed E-state index contributed by atoms with van der Waals surface area (Å²) in [6.45, 7) is 1.86. The second-order valence-electron chi connectivity index (χ2n) is 8.48. The molecular weight excluding hydrogens is 390 g/mol. The molecule has 1 fully saturated rings. The van der Waals surface area contributed by atoms with Gasteiger partial charge in [0, 0.05) is 11.8 Å². The monoisotopic (exact) mass is 409 g/mol. The average molecular weight is 409 g/mol. The van der Waals surface area contributed by atoms with Gasteiger partial charge in [-0.3, -0.25) is 9.59 Å². The molecular formula is C26H19NO4. The van der Waals surface area contributed by atoms with Crippen LogP contribution in [-0.4, -0.2) is 22.8 Å². The SMILES string of the molecule is Cc1cccc(C(=O)ON2C(=O)C3C4c5ccccc5C(c5ccccc54)C3C2=O)c1. The average Bonchev–Trinajstić information content (AvgIpc) is 3.04. The molecule has 1 saturated heterocycles. The first kappa shape index (κ1) is 18.1. The molecule has 2 unspecified atom stereocenters. The summed E-state index contributed by atoms with van der Waals surface area (Å²) in [7, 11) is 0. The largest absolute Gasteiger partial charge is 0.363 e. The second-order valence-corrected chi connectivity index (χ2v) is 8.48. The summed E-state index contributed by atoms with van der Waals surface area (Å²) in [6.07, 6.45) is 0. The van der Waals surface area contributed by atoms with Gasteiger partial charge < -0.3 is 4.84 Å². The van der Waals surface area contributed by atoms with Crippen LogP contribution in [0, 0.1) is 18.8 Å². The molecule has 1 heterocycles. The van der Waals surface area contributed by atoms with Gasteiger partial charge in [-0.05, 0) is 41.3 Å². The van der Waals surface area contributed by atoms with E-state index in [0.29, 0.717) is 5.56 Å². The smallest absolute Gasteiger partial charge is 0.325 e. The predicted octanol–water partition coefficient (Wildman–Crippen LogP) is 3.96. The standard InChI is InChI=1S/C26H19NO4/c1-14-7-6-8-15(13-14)26(30)31-27-24(28)22-20-16-9-2-3-10-17(16)21(23(22)25(27)29)19-12-5-4-11-18(19)20/h2-13,20-23H,1H3. The van der Waals surface area contributed by atoms with E-state index in [0.717, 1.165) is 32.9 Å². The molecule has 0 saturated carbocycles. The number of benzene rings is 3. The zero-order valence-electron chi connectivity index (χ0n) is 16.8. The molecule has 0 aromatic heterocycles. The minimum atomic E-state index is -0.702. The molecule has 0 N–H and O–H groups in total. The summed E-state index contributed by atoms with van der Waals surface area (Å²) in [5.41, 5.74) is 5.54. The third kappa shape index (κ3) is 2.40. The normalized spacial score (nSPS) is 25.1. The van der Waals surface area contributed by atoms with Gasteiger partial charge in [-0.1, -0.05) is 66.2 Å². The Morgan fingerprint density at radius 3 is 1.68 bits per heavy atom. The molecule has 152 valence electrons. The highest BCUT2D eigenvalue weighted by Gasteiger charge is 2.62. The van der Waals surface area contributed by atoms with Crippen LogP contribution in [0.1, 0.15) is 50.0 Å². The fourth-order valence-electron chi connectivity index (χ4n) is 5.65. The Morgan fingerprint density at radius 1 is 0.742 bits per heavy atom. The van der Waals surface area contributed by atoms with E-state index in [1.165, 1.54) is 0 Å². The van der Waals surface area contributed by atoms with Crippen molar-refractivity contribution in [2.75, 3.05) is 0 Å². The fraction of sp³-hybridized carbons (Fsp3) is 0.192. The lowest BCUT2D eigenvalue weighted by atomic mass is 9.55. The summed E-state index contributed by atoms with van der Waals surface area (Å²) in [5.74, 6) is -3.14. The third-order valence-electron chi connectivity index (χ3n) is 6.84. The zero-order valence-corrected chi connectivity index (χ0v) is 16.8. The summed E-state index contributed by atoms with van der Waals surface area (Å²) in [6, 6.07) is 22.9. The molecule has 2 atom stereocenters. The topological polar surface area (TPSA) is 63.7 Å². The summed E-state index contributed by atoms with van der Waals surface area (Å²) in [4.78, 5) is 44.9. The van der Waals surface area contributed by atoms with Crippen LogP contribution in [0.25, 0.3) is 0 Å². The molecule has 2 bridgehead atoms. The molecule has 3 aliphatic carbocycles. The van der Waals surface area contributed by atoms with Crippen LogP contribution in [0.15, 0.2) is 72.8 Å². The van der Waals surface area contributed by atoms with Gasteiger partial charge in [-0.25, -0.2) is 4.79 Å². The van der Waals surface area contributed by atoms with Crippen molar-refractivity contribution in [2.24, 2.45) is 11.8 Å². The lowest BCUT2D eigenvalue weighted by Crippen LogP contribution is -2.41. The number of hydroxylamine groups is 2. The number of nitrogens with zero attached hydrogens (tertiary/aromatic N) is 1. The van der Waals surface area contributed by atoms with E-state index in [2.05, 4.69) is 0 Å². The van der Waals surface area contributed by atoms with E-state index < -0.39 is 29.6 Å². The molecule has 1 aliphatic heterocycles. The number of hydrogen-bond donors (Lipinski definition) is 0. The van der Waals surface area contributed by atoms with Crippen molar-refractivity contribution in [2.45, 2.75) is 18.8 Å². The molecule has 0 spiro atoms. The Kier molecular flexibility index (Phi) is 3.72. The Hall–Kier alpha value is -3.73. The highest BCUT2D eigenvalue weighted by Crippen LogP contribution is 2.60. The van der Waals surface area contributed by atoms with Crippen molar-refractivity contribution in [3.8, 4) is 0 Å². The Labute approximate surface area is 179 Å². The Morgan fingerprint density at radius 2 is 1.23 bits per heavy atom. The van der Waals surface area contributed by atoms with Crippen LogP contribution >= 0.6 is 0 Å². The first-order chi connectivity index (χ1) is 15.1. The first-order valence-electron chi connectivity index (χ1n) is 10.4. The van der Waals surface area contributed by atoms with Crippen LogP contribution in [-0.2, 0) is 14.4 Å². The molecule has 7 rings (SSSR count). The minimum Gasteiger partial charge on any atom is -0.325 e. The maximum absolute atomic E-state index is 13.4. The summed E-state index contributed by atoms with van der Waals surface area (Å²) < 4.78 is 0. The van der Waals surface area contributed by atoms with Gasteiger partial charge in [0.25, 0.3) is 11.8 Å². The van der Waals surface area contributed by atoms with Crippen molar-refractivity contribution in [1.29, 1.82) is 0 Å². The maximum Gasteiger partial charge on any atom is 0.363 e. The number of carbonyl (C=O) groups is 3. The van der Waals surface area contributed by atoms with Gasteiger partial charge in [0.05, 0.1) is 17.4 Å². The van der Waals surface area contributed by atoms with Crippen LogP contribution in [0.3, 0.4) is 0 Å². The minimum absolute atomic E-state index is 0.221. The molecule has 3 aromatic rings. The Balaban J connectivity index is 1.42. The Bertz CT molecular complexity index is 1160. The number of rotatable bonds is 2. The highest BCUT2D eigenvalue weighted by atomic mass is 16.7.